The van der Waals surface area contributed by atoms with E-state index in [0.717, 1.165) is 43.7 Å². The van der Waals surface area contributed by atoms with Gasteiger partial charge in [-0.1, -0.05) is 11.6 Å². The molecule has 0 aliphatic rings. The first kappa shape index (κ1) is 15.4. The van der Waals surface area contributed by atoms with Crippen LogP contribution in [0, 0.1) is 6.92 Å². The van der Waals surface area contributed by atoms with E-state index in [1.807, 2.05) is 20.9 Å². The highest BCUT2D eigenvalue weighted by molar-refractivity contribution is 6.30. The lowest BCUT2D eigenvalue weighted by Crippen LogP contribution is -2.37. The summed E-state index contributed by atoms with van der Waals surface area (Å²) >= 11 is 6.21. The molecule has 1 aromatic heterocycles. The van der Waals surface area contributed by atoms with E-state index < -0.39 is 0 Å². The van der Waals surface area contributed by atoms with Crippen LogP contribution in [-0.4, -0.2) is 29.0 Å². The lowest BCUT2D eigenvalue weighted by atomic mass is 10.0. The highest BCUT2D eigenvalue weighted by Gasteiger charge is 2.16. The van der Waals surface area contributed by atoms with Gasteiger partial charge in [0.25, 0.3) is 0 Å². The fourth-order valence-electron chi connectivity index (χ4n) is 1.97. The highest BCUT2D eigenvalue weighted by Crippen LogP contribution is 2.21. The Morgan fingerprint density at radius 2 is 2.28 bits per heavy atom. The van der Waals surface area contributed by atoms with Gasteiger partial charge in [-0.05, 0) is 33.1 Å². The van der Waals surface area contributed by atoms with Gasteiger partial charge in [-0.25, -0.2) is 0 Å². The average Bonchev–Trinajstić information content (AvgIpc) is 2.59. The van der Waals surface area contributed by atoms with Crippen LogP contribution < -0.4 is 11.3 Å². The number of aryl methyl sites for hydroxylation is 2. The van der Waals surface area contributed by atoms with Crippen LogP contribution in [0.4, 0.5) is 0 Å². The van der Waals surface area contributed by atoms with Crippen LogP contribution in [0.5, 0.6) is 0 Å². The number of hydrogen-bond acceptors (Lipinski definition) is 4. The summed E-state index contributed by atoms with van der Waals surface area (Å²) < 4.78 is 7.01. The summed E-state index contributed by atoms with van der Waals surface area (Å²) in [6.07, 6.45) is 2.74. The molecule has 1 aromatic rings. The molecule has 1 heterocycles. The summed E-state index contributed by atoms with van der Waals surface area (Å²) in [6, 6.07) is 0.200. The third-order valence-electron chi connectivity index (χ3n) is 3.00. The van der Waals surface area contributed by atoms with E-state index in [0.29, 0.717) is 5.15 Å². The second-order valence-electron chi connectivity index (χ2n) is 4.39. The molecule has 3 N–H and O–H groups in total. The first-order chi connectivity index (χ1) is 8.60. The third kappa shape index (κ3) is 4.24. The molecule has 104 valence electrons. The molecule has 1 atom stereocenters. The molecule has 0 bridgehead atoms. The van der Waals surface area contributed by atoms with Gasteiger partial charge in [0.15, 0.2) is 0 Å². The lowest BCUT2D eigenvalue weighted by Gasteiger charge is -2.15. The maximum absolute atomic E-state index is 6.21. The third-order valence-corrected chi connectivity index (χ3v) is 3.47. The number of nitrogens with zero attached hydrogens (tertiary/aromatic N) is 2. The number of rotatable bonds is 8. The van der Waals surface area contributed by atoms with E-state index in [4.69, 9.17) is 22.2 Å². The molecule has 0 saturated carbocycles. The molecule has 18 heavy (non-hydrogen) atoms. The van der Waals surface area contributed by atoms with Crippen molar-refractivity contribution in [2.45, 2.75) is 39.2 Å². The van der Waals surface area contributed by atoms with E-state index in [1.165, 1.54) is 0 Å². The molecule has 0 aliphatic carbocycles. The average molecular weight is 275 g/mol. The summed E-state index contributed by atoms with van der Waals surface area (Å²) in [7, 11) is 1.85. The van der Waals surface area contributed by atoms with Crippen molar-refractivity contribution in [1.29, 1.82) is 0 Å². The molecule has 0 fully saturated rings. The monoisotopic (exact) mass is 274 g/mol. The molecule has 5 nitrogen and oxygen atoms in total. The van der Waals surface area contributed by atoms with E-state index in [9.17, 15) is 0 Å². The summed E-state index contributed by atoms with van der Waals surface area (Å²) in [4.78, 5) is 0. The van der Waals surface area contributed by atoms with Crippen molar-refractivity contribution in [3.63, 3.8) is 0 Å². The van der Waals surface area contributed by atoms with Crippen LogP contribution in [0.2, 0.25) is 5.15 Å². The summed E-state index contributed by atoms with van der Waals surface area (Å²) in [6.45, 7) is 5.50. The molecule has 0 radical (unpaired) electrons. The molecule has 0 amide bonds. The van der Waals surface area contributed by atoms with E-state index in [1.54, 1.807) is 4.68 Å². The Morgan fingerprint density at radius 1 is 1.56 bits per heavy atom. The van der Waals surface area contributed by atoms with Crippen molar-refractivity contribution in [2.24, 2.45) is 12.9 Å². The van der Waals surface area contributed by atoms with Crippen molar-refractivity contribution in [2.75, 3.05) is 13.2 Å². The Balaban J connectivity index is 2.51. The van der Waals surface area contributed by atoms with Crippen molar-refractivity contribution >= 4 is 11.6 Å². The smallest absolute Gasteiger partial charge is 0.130 e. The predicted molar refractivity (Wildman–Crippen MR) is 73.5 cm³/mol. The fraction of sp³-hybridized carbons (Fsp3) is 0.750. The van der Waals surface area contributed by atoms with Crippen molar-refractivity contribution in [3.8, 4) is 0 Å². The number of ether oxygens (including phenoxy) is 1. The predicted octanol–water partition coefficient (Wildman–Crippen LogP) is 1.57. The van der Waals surface area contributed by atoms with E-state index >= 15 is 0 Å². The van der Waals surface area contributed by atoms with Crippen LogP contribution in [0.15, 0.2) is 0 Å². The zero-order valence-electron chi connectivity index (χ0n) is 11.4. The number of nitrogens with two attached hydrogens (primary N) is 1. The van der Waals surface area contributed by atoms with Gasteiger partial charge in [-0.3, -0.25) is 16.0 Å². The van der Waals surface area contributed by atoms with Gasteiger partial charge in [0.05, 0.1) is 5.69 Å². The van der Waals surface area contributed by atoms with Gasteiger partial charge < -0.3 is 4.74 Å². The minimum Gasteiger partial charge on any atom is -0.382 e. The van der Waals surface area contributed by atoms with Crippen LogP contribution in [0.25, 0.3) is 0 Å². The Hall–Kier alpha value is -0.620. The zero-order valence-corrected chi connectivity index (χ0v) is 12.1. The first-order valence-corrected chi connectivity index (χ1v) is 6.69. The topological polar surface area (TPSA) is 65.1 Å². The van der Waals surface area contributed by atoms with Gasteiger partial charge in [0, 0.05) is 31.9 Å². The minimum absolute atomic E-state index is 0.200. The Labute approximate surface area is 114 Å². The van der Waals surface area contributed by atoms with Crippen molar-refractivity contribution in [1.82, 2.24) is 15.2 Å². The number of nitrogens with one attached hydrogen (secondary N) is 1. The van der Waals surface area contributed by atoms with Gasteiger partial charge in [0.1, 0.15) is 5.15 Å². The molecule has 0 aromatic carbocycles. The molecule has 0 spiro atoms. The Morgan fingerprint density at radius 3 is 2.78 bits per heavy atom. The van der Waals surface area contributed by atoms with Gasteiger partial charge in [-0.2, -0.15) is 5.10 Å². The van der Waals surface area contributed by atoms with Gasteiger partial charge in [-0.15, -0.1) is 0 Å². The second kappa shape index (κ2) is 7.74. The lowest BCUT2D eigenvalue weighted by molar-refractivity contribution is 0.140. The van der Waals surface area contributed by atoms with E-state index in [2.05, 4.69) is 10.5 Å². The summed E-state index contributed by atoms with van der Waals surface area (Å²) in [5.41, 5.74) is 4.87. The molecule has 0 saturated heterocycles. The molecule has 1 unspecified atom stereocenters. The number of halogens is 1. The number of aromatic nitrogens is 2. The van der Waals surface area contributed by atoms with Crippen LogP contribution in [-0.2, 0) is 18.2 Å². The fourth-order valence-corrected chi connectivity index (χ4v) is 2.22. The number of hydrogen-bond donors (Lipinski definition) is 2. The minimum atomic E-state index is 0.200. The quantitative estimate of drug-likeness (QED) is 0.429. The maximum Gasteiger partial charge on any atom is 0.130 e. The molecule has 0 aliphatic heterocycles. The number of hydrazine groups is 1. The van der Waals surface area contributed by atoms with Crippen LogP contribution >= 0.6 is 11.6 Å². The Kier molecular flexibility index (Phi) is 6.63. The van der Waals surface area contributed by atoms with E-state index in [-0.39, 0.29) is 6.04 Å². The standard InChI is InChI=1S/C12H23ClN4O/c1-4-18-7-5-6-10(15-14)8-11-9(2)16-17(3)12(11)13/h10,15H,4-8,14H2,1-3H3. The first-order valence-electron chi connectivity index (χ1n) is 6.32. The summed E-state index contributed by atoms with van der Waals surface area (Å²) in [5, 5.41) is 4.99. The van der Waals surface area contributed by atoms with Crippen molar-refractivity contribution in [3.05, 3.63) is 16.4 Å². The SMILES string of the molecule is CCOCCCC(Cc1c(C)nn(C)c1Cl)NN. The zero-order chi connectivity index (χ0) is 13.5. The van der Waals surface area contributed by atoms with Crippen LogP contribution in [0.3, 0.4) is 0 Å². The molecular weight excluding hydrogens is 252 g/mol. The largest absolute Gasteiger partial charge is 0.382 e. The molecular formula is C12H23ClN4O. The highest BCUT2D eigenvalue weighted by atomic mass is 35.5. The van der Waals surface area contributed by atoms with Crippen LogP contribution in [0.1, 0.15) is 31.0 Å². The maximum atomic E-state index is 6.21. The van der Waals surface area contributed by atoms with Gasteiger partial charge >= 0.3 is 0 Å². The van der Waals surface area contributed by atoms with Crippen molar-refractivity contribution < 1.29 is 4.74 Å². The molecule has 6 heteroatoms. The normalized spacial score (nSPS) is 12.9. The van der Waals surface area contributed by atoms with Gasteiger partial charge in [0.2, 0.25) is 0 Å². The molecule has 1 rings (SSSR count). The Bertz CT molecular complexity index is 367. The second-order valence-corrected chi connectivity index (χ2v) is 4.74. The summed E-state index contributed by atoms with van der Waals surface area (Å²) in [5.74, 6) is 5.58.